The zero-order valence-electron chi connectivity index (χ0n) is 21.4. The number of rotatable bonds is 2. The van der Waals surface area contributed by atoms with Crippen LogP contribution < -0.4 is 0 Å². The monoisotopic (exact) mass is 511 g/mol. The van der Waals surface area contributed by atoms with Gasteiger partial charge in [-0.05, 0) is 60.0 Å². The van der Waals surface area contributed by atoms with E-state index in [2.05, 4.69) is 117 Å². The van der Waals surface area contributed by atoms with E-state index in [-0.39, 0.29) is 0 Å². The third-order valence-electron chi connectivity index (χ3n) is 7.99. The van der Waals surface area contributed by atoms with E-state index in [0.29, 0.717) is 0 Å². The first-order valence-electron chi connectivity index (χ1n) is 13.4. The fourth-order valence-electron chi connectivity index (χ4n) is 6.25. The van der Waals surface area contributed by atoms with E-state index in [4.69, 9.17) is 9.97 Å². The molecular weight excluding hydrogens is 490 g/mol. The van der Waals surface area contributed by atoms with Crippen LogP contribution >= 0.6 is 0 Å². The molecule has 0 unspecified atom stereocenters. The normalized spacial score (nSPS) is 12.0. The Kier molecular flexibility index (Phi) is 4.27. The molecular formula is C35H21N5. The zero-order valence-corrected chi connectivity index (χ0v) is 21.4. The first kappa shape index (κ1) is 21.4. The molecule has 0 saturated carbocycles. The zero-order chi connectivity index (χ0) is 26.2. The van der Waals surface area contributed by atoms with Crippen LogP contribution in [0.25, 0.3) is 77.2 Å². The first-order chi connectivity index (χ1) is 19.8. The van der Waals surface area contributed by atoms with Gasteiger partial charge in [0, 0.05) is 39.5 Å². The van der Waals surface area contributed by atoms with Gasteiger partial charge in [0.1, 0.15) is 11.5 Å². The molecule has 5 nitrogen and oxygen atoms in total. The lowest BCUT2D eigenvalue weighted by Crippen LogP contribution is -1.99. The van der Waals surface area contributed by atoms with Gasteiger partial charge in [-0.3, -0.25) is 14.0 Å². The van der Waals surface area contributed by atoms with Gasteiger partial charge in [0.05, 0.1) is 33.3 Å². The number of hydrogen-bond acceptors (Lipinski definition) is 3. The molecule has 0 N–H and O–H groups in total. The molecule has 0 fully saturated rings. The number of hydrogen-bond donors (Lipinski definition) is 0. The molecule has 9 aromatic rings. The summed E-state index contributed by atoms with van der Waals surface area (Å²) in [4.78, 5) is 14.4. The average Bonchev–Trinajstić information content (AvgIpc) is 3.57. The summed E-state index contributed by atoms with van der Waals surface area (Å²) in [6, 6.07) is 40.5. The highest BCUT2D eigenvalue weighted by atomic mass is 15.1. The number of fused-ring (bicyclic) bond motifs is 11. The second-order valence-corrected chi connectivity index (χ2v) is 10.2. The number of aromatic nitrogens is 5. The fourth-order valence-corrected chi connectivity index (χ4v) is 6.25. The van der Waals surface area contributed by atoms with Crippen molar-refractivity contribution in [1.82, 2.24) is 23.9 Å². The van der Waals surface area contributed by atoms with Crippen molar-refractivity contribution in [2.75, 3.05) is 0 Å². The molecule has 186 valence electrons. The van der Waals surface area contributed by atoms with Gasteiger partial charge in [0.25, 0.3) is 0 Å². The molecule has 0 aliphatic heterocycles. The van der Waals surface area contributed by atoms with Crippen molar-refractivity contribution in [3.05, 3.63) is 128 Å². The molecule has 0 aliphatic carbocycles. The van der Waals surface area contributed by atoms with Crippen LogP contribution in [-0.2, 0) is 0 Å². The van der Waals surface area contributed by atoms with Crippen LogP contribution in [0.5, 0.6) is 0 Å². The third-order valence-corrected chi connectivity index (χ3v) is 7.99. The Morgan fingerprint density at radius 2 is 1.20 bits per heavy atom. The highest BCUT2D eigenvalue weighted by molar-refractivity contribution is 6.20. The fraction of sp³-hybridized carbons (Fsp3) is 0. The Morgan fingerprint density at radius 3 is 2.08 bits per heavy atom. The molecule has 5 heteroatoms. The number of para-hydroxylation sites is 3. The molecule has 5 aromatic heterocycles. The van der Waals surface area contributed by atoms with E-state index >= 15 is 0 Å². The van der Waals surface area contributed by atoms with Gasteiger partial charge in [0.15, 0.2) is 0 Å². The van der Waals surface area contributed by atoms with Crippen LogP contribution in [0.3, 0.4) is 0 Å². The van der Waals surface area contributed by atoms with Gasteiger partial charge < -0.3 is 0 Å². The highest BCUT2D eigenvalue weighted by Crippen LogP contribution is 2.39. The maximum absolute atomic E-state index is 5.13. The molecule has 0 spiro atoms. The Morgan fingerprint density at radius 1 is 0.475 bits per heavy atom. The van der Waals surface area contributed by atoms with Gasteiger partial charge in [0.2, 0.25) is 0 Å². The van der Waals surface area contributed by atoms with Crippen molar-refractivity contribution in [3.63, 3.8) is 0 Å². The lowest BCUT2D eigenvalue weighted by Gasteiger charge is -2.12. The van der Waals surface area contributed by atoms with Gasteiger partial charge in [-0.25, -0.2) is 9.97 Å². The molecule has 5 heterocycles. The van der Waals surface area contributed by atoms with E-state index in [1.807, 2.05) is 12.1 Å². The summed E-state index contributed by atoms with van der Waals surface area (Å²) in [5.41, 5.74) is 8.40. The Balaban J connectivity index is 1.47. The van der Waals surface area contributed by atoms with E-state index in [1.165, 1.54) is 21.5 Å². The predicted octanol–water partition coefficient (Wildman–Crippen LogP) is 8.35. The third kappa shape index (κ3) is 2.89. The van der Waals surface area contributed by atoms with Crippen molar-refractivity contribution in [1.29, 1.82) is 0 Å². The summed E-state index contributed by atoms with van der Waals surface area (Å²) in [6.07, 6.45) is 3.61. The van der Waals surface area contributed by atoms with Crippen LogP contribution in [0.4, 0.5) is 0 Å². The molecule has 0 bridgehead atoms. The molecule has 0 atom stereocenters. The highest BCUT2D eigenvalue weighted by Gasteiger charge is 2.19. The molecule has 0 amide bonds. The first-order valence-corrected chi connectivity index (χ1v) is 13.4. The van der Waals surface area contributed by atoms with Crippen LogP contribution in [0.15, 0.2) is 128 Å². The lowest BCUT2D eigenvalue weighted by atomic mass is 10.0. The maximum Gasteiger partial charge on any atom is 0.146 e. The van der Waals surface area contributed by atoms with Crippen LogP contribution in [0.2, 0.25) is 0 Å². The molecule has 0 saturated heterocycles. The number of pyridine rings is 3. The van der Waals surface area contributed by atoms with Crippen molar-refractivity contribution in [2.45, 2.75) is 0 Å². The summed E-state index contributed by atoms with van der Waals surface area (Å²) in [6.45, 7) is 0. The predicted molar refractivity (Wildman–Crippen MR) is 163 cm³/mol. The van der Waals surface area contributed by atoms with Gasteiger partial charge in [-0.15, -0.1) is 0 Å². The van der Waals surface area contributed by atoms with Gasteiger partial charge >= 0.3 is 0 Å². The van der Waals surface area contributed by atoms with Crippen molar-refractivity contribution < 1.29 is 0 Å². The second-order valence-electron chi connectivity index (χ2n) is 10.2. The minimum absolute atomic E-state index is 0.882. The van der Waals surface area contributed by atoms with Crippen molar-refractivity contribution >= 4 is 60.2 Å². The second kappa shape index (κ2) is 7.98. The Bertz CT molecular complexity index is 2430. The van der Waals surface area contributed by atoms with E-state index in [0.717, 1.165) is 55.7 Å². The number of nitrogens with zero attached hydrogens (tertiary/aromatic N) is 5. The standard InChI is InChI=1S/C35H21N5/c1-2-10-25-23(8-1)26-20-27-24-9-3-5-13-30(24)39(34-15-7-12-28(37-34)22-16-18-36-19-17-22)32(27)21-33(26)40-31-14-6-4-11-29(31)38-35(25)40/h1-21H. The minimum atomic E-state index is 0.882. The van der Waals surface area contributed by atoms with Gasteiger partial charge in [-0.2, -0.15) is 0 Å². The van der Waals surface area contributed by atoms with Crippen LogP contribution in [0, 0.1) is 0 Å². The van der Waals surface area contributed by atoms with Crippen molar-refractivity contribution in [2.24, 2.45) is 0 Å². The largest absolute Gasteiger partial charge is 0.294 e. The molecule has 0 radical (unpaired) electrons. The van der Waals surface area contributed by atoms with Gasteiger partial charge in [-0.1, -0.05) is 60.7 Å². The lowest BCUT2D eigenvalue weighted by molar-refractivity contribution is 1.08. The topological polar surface area (TPSA) is 48.0 Å². The maximum atomic E-state index is 5.13. The SMILES string of the molecule is c1cc(-c2ccncc2)nc(-n2c3ccccc3c3cc4c5ccccc5c5nc6ccccc6n5c4cc32)c1. The minimum Gasteiger partial charge on any atom is -0.294 e. The number of imidazole rings is 1. The summed E-state index contributed by atoms with van der Waals surface area (Å²) in [5.74, 6) is 0.882. The Hall–Kier alpha value is -5.55. The smallest absolute Gasteiger partial charge is 0.146 e. The molecule has 9 rings (SSSR count). The summed E-state index contributed by atoms with van der Waals surface area (Å²) < 4.78 is 4.60. The van der Waals surface area contributed by atoms with Crippen molar-refractivity contribution in [3.8, 4) is 17.1 Å². The molecule has 40 heavy (non-hydrogen) atoms. The van der Waals surface area contributed by atoms with E-state index < -0.39 is 0 Å². The van der Waals surface area contributed by atoms with E-state index in [9.17, 15) is 0 Å². The van der Waals surface area contributed by atoms with Crippen LogP contribution in [0.1, 0.15) is 0 Å². The summed E-state index contributed by atoms with van der Waals surface area (Å²) in [7, 11) is 0. The Labute approximate surface area is 228 Å². The average molecular weight is 512 g/mol. The van der Waals surface area contributed by atoms with Crippen LogP contribution in [-0.4, -0.2) is 23.9 Å². The summed E-state index contributed by atoms with van der Waals surface area (Å²) >= 11 is 0. The quantitative estimate of drug-likeness (QED) is 0.219. The van der Waals surface area contributed by atoms with E-state index in [1.54, 1.807) is 12.4 Å². The molecule has 0 aliphatic rings. The summed E-state index contributed by atoms with van der Waals surface area (Å²) in [5, 5.41) is 5.97. The molecule has 4 aromatic carbocycles. The number of benzene rings is 4.